The van der Waals surface area contributed by atoms with E-state index in [-0.39, 0.29) is 11.9 Å². The standard InChI is InChI=1S/C20H27N3OS/c24-20(16-8-9-19-18(11-16)21-14-25-19)22-17-7-4-10-23(13-17)12-15-5-2-1-3-6-15/h8-9,11,14-15,17H,1-7,10,12-13H2,(H,22,24). The van der Waals surface area contributed by atoms with Gasteiger partial charge in [-0.3, -0.25) is 4.79 Å². The number of carbonyl (C=O) groups is 1. The molecular weight excluding hydrogens is 330 g/mol. The van der Waals surface area contributed by atoms with Crippen molar-refractivity contribution in [1.29, 1.82) is 0 Å². The highest BCUT2D eigenvalue weighted by Crippen LogP contribution is 2.25. The summed E-state index contributed by atoms with van der Waals surface area (Å²) in [6.07, 6.45) is 9.27. The van der Waals surface area contributed by atoms with E-state index in [4.69, 9.17) is 0 Å². The summed E-state index contributed by atoms with van der Waals surface area (Å²) >= 11 is 1.61. The molecule has 1 aliphatic carbocycles. The molecule has 4 nitrogen and oxygen atoms in total. The van der Waals surface area contributed by atoms with Gasteiger partial charge in [-0.15, -0.1) is 11.3 Å². The molecule has 2 fully saturated rings. The summed E-state index contributed by atoms with van der Waals surface area (Å²) in [6.45, 7) is 3.41. The van der Waals surface area contributed by atoms with Crippen molar-refractivity contribution < 1.29 is 4.79 Å². The minimum absolute atomic E-state index is 0.0411. The summed E-state index contributed by atoms with van der Waals surface area (Å²) < 4.78 is 1.13. The van der Waals surface area contributed by atoms with Crippen molar-refractivity contribution in [2.75, 3.05) is 19.6 Å². The van der Waals surface area contributed by atoms with E-state index in [9.17, 15) is 4.79 Å². The molecule has 1 amide bonds. The van der Waals surface area contributed by atoms with Crippen LogP contribution in [0.15, 0.2) is 23.7 Å². The lowest BCUT2D eigenvalue weighted by atomic mass is 9.88. The molecule has 1 aliphatic heterocycles. The van der Waals surface area contributed by atoms with E-state index in [0.717, 1.165) is 34.7 Å². The molecule has 1 saturated heterocycles. The van der Waals surface area contributed by atoms with Gasteiger partial charge >= 0.3 is 0 Å². The number of hydrogen-bond acceptors (Lipinski definition) is 4. The van der Waals surface area contributed by atoms with E-state index < -0.39 is 0 Å². The molecule has 1 unspecified atom stereocenters. The van der Waals surface area contributed by atoms with Gasteiger partial charge in [0.15, 0.2) is 0 Å². The lowest BCUT2D eigenvalue weighted by Crippen LogP contribution is -2.48. The van der Waals surface area contributed by atoms with Crippen molar-refractivity contribution in [3.05, 3.63) is 29.3 Å². The van der Waals surface area contributed by atoms with Gasteiger partial charge in [0.2, 0.25) is 0 Å². The largest absolute Gasteiger partial charge is 0.348 e. The molecule has 2 aromatic rings. The van der Waals surface area contributed by atoms with Gasteiger partial charge in [0.1, 0.15) is 0 Å². The molecule has 1 aromatic heterocycles. The highest BCUT2D eigenvalue weighted by Gasteiger charge is 2.24. The Hall–Kier alpha value is -1.46. The third kappa shape index (κ3) is 4.21. The fraction of sp³-hybridized carbons (Fsp3) is 0.600. The lowest BCUT2D eigenvalue weighted by Gasteiger charge is -2.36. The second-order valence-electron chi connectivity index (χ2n) is 7.61. The van der Waals surface area contributed by atoms with Crippen molar-refractivity contribution in [3.63, 3.8) is 0 Å². The molecule has 2 aliphatic rings. The first-order valence-electron chi connectivity index (χ1n) is 9.64. The Balaban J connectivity index is 1.33. The fourth-order valence-electron chi connectivity index (χ4n) is 4.34. The molecule has 134 valence electrons. The zero-order valence-corrected chi connectivity index (χ0v) is 15.6. The molecule has 1 N–H and O–H groups in total. The highest BCUT2D eigenvalue weighted by molar-refractivity contribution is 7.16. The number of piperidine rings is 1. The molecule has 0 spiro atoms. The number of thiazole rings is 1. The van der Waals surface area contributed by atoms with Crippen LogP contribution in [0.3, 0.4) is 0 Å². The van der Waals surface area contributed by atoms with Crippen molar-refractivity contribution in [1.82, 2.24) is 15.2 Å². The van der Waals surface area contributed by atoms with Crippen LogP contribution in [0.5, 0.6) is 0 Å². The summed E-state index contributed by atoms with van der Waals surface area (Å²) in [5, 5.41) is 3.25. The third-order valence-corrected chi connectivity index (χ3v) is 6.48. The molecular formula is C20H27N3OS. The van der Waals surface area contributed by atoms with Crippen LogP contribution in [0, 0.1) is 5.92 Å². The summed E-state index contributed by atoms with van der Waals surface area (Å²) in [5.41, 5.74) is 3.47. The zero-order valence-electron chi connectivity index (χ0n) is 14.7. The molecule has 25 heavy (non-hydrogen) atoms. The first-order chi connectivity index (χ1) is 12.3. The molecule has 1 aromatic carbocycles. The molecule has 1 saturated carbocycles. The monoisotopic (exact) mass is 357 g/mol. The van der Waals surface area contributed by atoms with Gasteiger partial charge < -0.3 is 10.2 Å². The molecule has 2 heterocycles. The lowest BCUT2D eigenvalue weighted by molar-refractivity contribution is 0.0890. The maximum atomic E-state index is 12.6. The summed E-state index contributed by atoms with van der Waals surface area (Å²) in [4.78, 5) is 19.5. The minimum Gasteiger partial charge on any atom is -0.348 e. The zero-order chi connectivity index (χ0) is 17.1. The number of carbonyl (C=O) groups excluding carboxylic acids is 1. The Morgan fingerprint density at radius 1 is 1.20 bits per heavy atom. The van der Waals surface area contributed by atoms with E-state index >= 15 is 0 Å². The smallest absolute Gasteiger partial charge is 0.251 e. The Morgan fingerprint density at radius 3 is 2.96 bits per heavy atom. The van der Waals surface area contributed by atoms with Gasteiger partial charge in [-0.25, -0.2) is 4.98 Å². The van der Waals surface area contributed by atoms with E-state index in [1.54, 1.807) is 11.3 Å². The van der Waals surface area contributed by atoms with E-state index in [0.29, 0.717) is 0 Å². The molecule has 0 radical (unpaired) electrons. The van der Waals surface area contributed by atoms with Gasteiger partial charge in [0, 0.05) is 24.7 Å². The van der Waals surface area contributed by atoms with Crippen LogP contribution >= 0.6 is 11.3 Å². The van der Waals surface area contributed by atoms with Crippen molar-refractivity contribution >= 4 is 27.5 Å². The first kappa shape index (κ1) is 17.0. The fourth-order valence-corrected chi connectivity index (χ4v) is 5.00. The summed E-state index contributed by atoms with van der Waals surface area (Å²) in [5.74, 6) is 0.912. The van der Waals surface area contributed by atoms with Crippen LogP contribution in [-0.4, -0.2) is 41.5 Å². The average Bonchev–Trinajstić information content (AvgIpc) is 3.10. The van der Waals surface area contributed by atoms with Gasteiger partial charge in [0.25, 0.3) is 5.91 Å². The van der Waals surface area contributed by atoms with Crippen molar-refractivity contribution in [3.8, 4) is 0 Å². The first-order valence-corrected chi connectivity index (χ1v) is 10.5. The second-order valence-corrected chi connectivity index (χ2v) is 8.50. The number of likely N-dealkylation sites (tertiary alicyclic amines) is 1. The van der Waals surface area contributed by atoms with Crippen LogP contribution < -0.4 is 5.32 Å². The predicted octanol–water partition coefficient (Wildman–Crippen LogP) is 4.07. The van der Waals surface area contributed by atoms with Gasteiger partial charge in [0.05, 0.1) is 15.7 Å². The highest BCUT2D eigenvalue weighted by atomic mass is 32.1. The van der Waals surface area contributed by atoms with Crippen LogP contribution in [0.1, 0.15) is 55.3 Å². The molecule has 4 rings (SSSR count). The topological polar surface area (TPSA) is 45.2 Å². The normalized spacial score (nSPS) is 23.0. The summed E-state index contributed by atoms with van der Waals surface area (Å²) in [7, 11) is 0. The number of amides is 1. The SMILES string of the molecule is O=C(NC1CCCN(CC2CCCCC2)C1)c1ccc2scnc2c1. The Bertz CT molecular complexity index is 723. The van der Waals surface area contributed by atoms with Crippen LogP contribution in [-0.2, 0) is 0 Å². The Morgan fingerprint density at radius 2 is 2.08 bits per heavy atom. The van der Waals surface area contributed by atoms with E-state index in [1.807, 2.05) is 23.7 Å². The average molecular weight is 358 g/mol. The predicted molar refractivity (Wildman–Crippen MR) is 103 cm³/mol. The van der Waals surface area contributed by atoms with E-state index in [1.165, 1.54) is 51.6 Å². The number of nitrogens with zero attached hydrogens (tertiary/aromatic N) is 2. The maximum Gasteiger partial charge on any atom is 0.251 e. The maximum absolute atomic E-state index is 12.6. The Labute approximate surface area is 153 Å². The summed E-state index contributed by atoms with van der Waals surface area (Å²) in [6, 6.07) is 6.09. The quantitative estimate of drug-likeness (QED) is 0.897. The third-order valence-electron chi connectivity index (χ3n) is 5.67. The second kappa shape index (κ2) is 7.83. The number of hydrogen-bond donors (Lipinski definition) is 1. The van der Waals surface area contributed by atoms with Crippen LogP contribution in [0.25, 0.3) is 10.2 Å². The number of aromatic nitrogens is 1. The number of nitrogens with one attached hydrogen (secondary N) is 1. The van der Waals surface area contributed by atoms with Crippen molar-refractivity contribution in [2.24, 2.45) is 5.92 Å². The van der Waals surface area contributed by atoms with Gasteiger partial charge in [-0.2, -0.15) is 0 Å². The van der Waals surface area contributed by atoms with Crippen molar-refractivity contribution in [2.45, 2.75) is 51.0 Å². The Kier molecular flexibility index (Phi) is 5.32. The molecule has 1 atom stereocenters. The van der Waals surface area contributed by atoms with Crippen LogP contribution in [0.4, 0.5) is 0 Å². The number of rotatable bonds is 4. The number of fused-ring (bicyclic) bond motifs is 1. The molecule has 0 bridgehead atoms. The number of benzene rings is 1. The molecule has 5 heteroatoms. The minimum atomic E-state index is 0.0411. The van der Waals surface area contributed by atoms with Gasteiger partial charge in [-0.1, -0.05) is 19.3 Å². The van der Waals surface area contributed by atoms with Crippen LogP contribution in [0.2, 0.25) is 0 Å². The van der Waals surface area contributed by atoms with Gasteiger partial charge in [-0.05, 0) is 56.3 Å². The van der Waals surface area contributed by atoms with E-state index in [2.05, 4.69) is 15.2 Å².